The molecule has 20 heavy (non-hydrogen) atoms. The molecule has 2 N–H and O–H groups in total. The van der Waals surface area contributed by atoms with Crippen LogP contribution in [0, 0.1) is 0 Å². The van der Waals surface area contributed by atoms with Crippen LogP contribution < -0.4 is 10.1 Å². The topological polar surface area (TPSA) is 75.6 Å². The fraction of sp³-hybridized carbons (Fsp3) is 0.0769. The van der Waals surface area contributed by atoms with Gasteiger partial charge in [0.2, 0.25) is 0 Å². The molecule has 5 nitrogen and oxygen atoms in total. The minimum absolute atomic E-state index is 0.00632. The van der Waals surface area contributed by atoms with Gasteiger partial charge >= 0.3 is 5.97 Å². The van der Waals surface area contributed by atoms with E-state index in [0.717, 1.165) is 0 Å². The van der Waals surface area contributed by atoms with Crippen LogP contribution in [-0.2, 0) is 0 Å². The van der Waals surface area contributed by atoms with Crippen molar-refractivity contribution in [1.29, 1.82) is 0 Å². The van der Waals surface area contributed by atoms with Crippen LogP contribution in [0.5, 0.6) is 5.75 Å². The molecule has 0 atom stereocenters. The third kappa shape index (κ3) is 3.00. The number of hydrogen-bond acceptors (Lipinski definition) is 4. The number of nitrogens with one attached hydrogen (secondary N) is 1. The first-order chi connectivity index (χ1) is 9.52. The first-order valence-corrected chi connectivity index (χ1v) is 7.16. The molecule has 1 heterocycles. The van der Waals surface area contributed by atoms with Gasteiger partial charge in [0.05, 0.1) is 18.4 Å². The average molecular weight is 356 g/mol. The van der Waals surface area contributed by atoms with Gasteiger partial charge in [-0.25, -0.2) is 4.79 Å². The largest absolute Gasteiger partial charge is 0.497 e. The number of carbonyl (C=O) groups excluding carboxylic acids is 1. The van der Waals surface area contributed by atoms with E-state index in [1.54, 1.807) is 11.4 Å². The van der Waals surface area contributed by atoms with E-state index in [9.17, 15) is 9.59 Å². The fourth-order valence-corrected chi connectivity index (χ4v) is 3.02. The van der Waals surface area contributed by atoms with Crippen molar-refractivity contribution in [2.75, 3.05) is 12.4 Å². The number of carbonyl (C=O) groups is 2. The quantitative estimate of drug-likeness (QED) is 0.880. The number of rotatable bonds is 4. The summed E-state index contributed by atoms with van der Waals surface area (Å²) >= 11 is 4.53. The van der Waals surface area contributed by atoms with Crippen LogP contribution in [0.4, 0.5) is 5.69 Å². The van der Waals surface area contributed by atoms with Crippen molar-refractivity contribution < 1.29 is 19.4 Å². The molecule has 0 saturated carbocycles. The lowest BCUT2D eigenvalue weighted by Gasteiger charge is -2.10. The van der Waals surface area contributed by atoms with E-state index in [2.05, 4.69) is 21.2 Å². The van der Waals surface area contributed by atoms with Gasteiger partial charge in [0.1, 0.15) is 10.6 Å². The Bertz CT molecular complexity index is 668. The minimum Gasteiger partial charge on any atom is -0.497 e. The molecule has 0 fully saturated rings. The summed E-state index contributed by atoms with van der Waals surface area (Å²) in [7, 11) is 1.47. The molecule has 0 unspecified atom stereocenters. The van der Waals surface area contributed by atoms with Crippen molar-refractivity contribution in [1.82, 2.24) is 0 Å². The first-order valence-electron chi connectivity index (χ1n) is 5.48. The van der Waals surface area contributed by atoms with Crippen molar-refractivity contribution in [3.8, 4) is 5.75 Å². The van der Waals surface area contributed by atoms with Gasteiger partial charge in [-0.15, -0.1) is 11.3 Å². The van der Waals surface area contributed by atoms with Crippen LogP contribution in [-0.4, -0.2) is 24.1 Å². The minimum atomic E-state index is -1.12. The zero-order valence-electron chi connectivity index (χ0n) is 10.3. The number of amides is 1. The van der Waals surface area contributed by atoms with E-state index in [1.165, 1.54) is 36.6 Å². The number of benzene rings is 1. The number of carboxylic acid groups (broad SMARTS) is 1. The van der Waals surface area contributed by atoms with Crippen LogP contribution in [0.25, 0.3) is 0 Å². The summed E-state index contributed by atoms with van der Waals surface area (Å²) in [6.07, 6.45) is 0. The average Bonchev–Trinajstić information content (AvgIpc) is 2.84. The molecule has 2 rings (SSSR count). The lowest BCUT2D eigenvalue weighted by molar-refractivity contribution is 0.0698. The lowest BCUT2D eigenvalue weighted by Crippen LogP contribution is -2.14. The molecule has 0 aliphatic carbocycles. The molecule has 0 aliphatic heterocycles. The molecule has 0 spiro atoms. The maximum absolute atomic E-state index is 12.1. The summed E-state index contributed by atoms with van der Waals surface area (Å²) in [6.45, 7) is 0. The number of aromatic carboxylic acids is 1. The third-order valence-corrected chi connectivity index (χ3v) is 4.37. The number of methoxy groups -OCH3 is 1. The normalized spacial score (nSPS) is 10.1. The van der Waals surface area contributed by atoms with Crippen LogP contribution >= 0.6 is 27.3 Å². The second kappa shape index (κ2) is 6.06. The Labute approximate surface area is 127 Å². The van der Waals surface area contributed by atoms with Gasteiger partial charge in [0.25, 0.3) is 5.91 Å². The summed E-state index contributed by atoms with van der Waals surface area (Å²) in [6, 6.07) is 6.15. The summed E-state index contributed by atoms with van der Waals surface area (Å²) < 4.78 is 5.70. The monoisotopic (exact) mass is 355 g/mol. The lowest BCUT2D eigenvalue weighted by atomic mass is 10.1. The van der Waals surface area contributed by atoms with Gasteiger partial charge in [0.15, 0.2) is 0 Å². The molecular weight excluding hydrogens is 346 g/mol. The van der Waals surface area contributed by atoms with E-state index < -0.39 is 5.97 Å². The molecule has 1 aromatic carbocycles. The fourth-order valence-electron chi connectivity index (χ4n) is 1.58. The summed E-state index contributed by atoms with van der Waals surface area (Å²) in [4.78, 5) is 23.7. The van der Waals surface area contributed by atoms with E-state index in [1.807, 2.05) is 0 Å². The summed E-state index contributed by atoms with van der Waals surface area (Å²) in [5.74, 6) is -1.02. The number of halogens is 1. The standard InChI is InChI=1S/C13H10BrNO4S/c1-19-7-2-3-8(13(17)18)10(6-7)15-12(16)11-9(14)4-5-20-11/h2-6H,1H3,(H,15,16)(H,17,18). The van der Waals surface area contributed by atoms with Gasteiger partial charge in [-0.05, 0) is 39.5 Å². The van der Waals surface area contributed by atoms with Crippen LogP contribution in [0.3, 0.4) is 0 Å². The Morgan fingerprint density at radius 2 is 2.10 bits per heavy atom. The van der Waals surface area contributed by atoms with Crippen LogP contribution in [0.1, 0.15) is 20.0 Å². The van der Waals surface area contributed by atoms with E-state index in [-0.39, 0.29) is 17.2 Å². The van der Waals surface area contributed by atoms with Crippen molar-refractivity contribution in [3.63, 3.8) is 0 Å². The molecule has 1 aromatic heterocycles. The van der Waals surface area contributed by atoms with Crippen molar-refractivity contribution in [2.24, 2.45) is 0 Å². The Morgan fingerprint density at radius 1 is 1.35 bits per heavy atom. The second-order valence-electron chi connectivity index (χ2n) is 3.77. The number of anilines is 1. The molecular formula is C13H10BrNO4S. The Hall–Kier alpha value is -1.86. The highest BCUT2D eigenvalue weighted by Gasteiger charge is 2.17. The van der Waals surface area contributed by atoms with Gasteiger partial charge in [-0.2, -0.15) is 0 Å². The zero-order valence-corrected chi connectivity index (χ0v) is 12.7. The van der Waals surface area contributed by atoms with Gasteiger partial charge in [0, 0.05) is 10.5 Å². The number of carboxylic acids is 1. The summed E-state index contributed by atoms with van der Waals surface area (Å²) in [5, 5.41) is 13.5. The number of thiophene rings is 1. The molecule has 0 aliphatic rings. The van der Waals surface area contributed by atoms with E-state index in [4.69, 9.17) is 9.84 Å². The molecule has 0 radical (unpaired) electrons. The smallest absolute Gasteiger partial charge is 0.337 e. The highest BCUT2D eigenvalue weighted by molar-refractivity contribution is 9.10. The Balaban J connectivity index is 2.34. The maximum atomic E-state index is 12.1. The molecule has 0 bridgehead atoms. The predicted molar refractivity (Wildman–Crippen MR) is 79.9 cm³/mol. The SMILES string of the molecule is COc1ccc(C(=O)O)c(NC(=O)c2sccc2Br)c1. The van der Waals surface area contributed by atoms with Crippen LogP contribution in [0.15, 0.2) is 34.1 Å². The number of hydrogen-bond donors (Lipinski definition) is 2. The molecule has 104 valence electrons. The van der Waals surface area contributed by atoms with E-state index >= 15 is 0 Å². The van der Waals surface area contributed by atoms with Crippen molar-refractivity contribution in [2.45, 2.75) is 0 Å². The Kier molecular flexibility index (Phi) is 4.41. The first kappa shape index (κ1) is 14.5. The summed E-state index contributed by atoms with van der Waals surface area (Å²) in [5.41, 5.74) is 0.203. The molecule has 7 heteroatoms. The maximum Gasteiger partial charge on any atom is 0.337 e. The van der Waals surface area contributed by atoms with Gasteiger partial charge in [-0.1, -0.05) is 0 Å². The highest BCUT2D eigenvalue weighted by Crippen LogP contribution is 2.26. The molecule has 0 saturated heterocycles. The van der Waals surface area contributed by atoms with Gasteiger partial charge < -0.3 is 15.2 Å². The number of ether oxygens (including phenoxy) is 1. The van der Waals surface area contributed by atoms with Crippen LogP contribution in [0.2, 0.25) is 0 Å². The van der Waals surface area contributed by atoms with Crippen molar-refractivity contribution in [3.05, 3.63) is 44.6 Å². The molecule has 2 aromatic rings. The van der Waals surface area contributed by atoms with Crippen molar-refractivity contribution >= 4 is 44.8 Å². The highest BCUT2D eigenvalue weighted by atomic mass is 79.9. The van der Waals surface area contributed by atoms with Gasteiger partial charge in [-0.3, -0.25) is 4.79 Å². The second-order valence-corrected chi connectivity index (χ2v) is 5.54. The molecule has 1 amide bonds. The Morgan fingerprint density at radius 3 is 2.65 bits per heavy atom. The zero-order chi connectivity index (χ0) is 14.7. The predicted octanol–water partition coefficient (Wildman–Crippen LogP) is 3.47. The third-order valence-electron chi connectivity index (χ3n) is 2.53. The van der Waals surface area contributed by atoms with E-state index in [0.29, 0.717) is 15.1 Å².